The summed E-state index contributed by atoms with van der Waals surface area (Å²) in [5.74, 6) is 0. The number of hydrogen-bond acceptors (Lipinski definition) is 3. The molecule has 0 spiro atoms. The molecule has 110 valence electrons. The van der Waals surface area contributed by atoms with Gasteiger partial charge in [0.1, 0.15) is 0 Å². The van der Waals surface area contributed by atoms with Gasteiger partial charge in [0.15, 0.2) is 0 Å². The minimum Gasteiger partial charge on any atom is -0.377 e. The lowest BCUT2D eigenvalue weighted by atomic mass is 9.81. The largest absolute Gasteiger partial charge is 0.377 e. The quantitative estimate of drug-likeness (QED) is 0.834. The molecule has 0 unspecified atom stereocenters. The van der Waals surface area contributed by atoms with Crippen molar-refractivity contribution in [2.45, 2.75) is 27.2 Å². The number of amides is 2. The van der Waals surface area contributed by atoms with Crippen LogP contribution in [0.25, 0.3) is 0 Å². The fraction of sp³-hybridized carbons (Fsp3) is 0.533. The van der Waals surface area contributed by atoms with Crippen molar-refractivity contribution in [3.63, 3.8) is 0 Å². The standard InChI is InChI=1S/C15H22N2O2S/c1-11-8-20-9-13(11)17-14(18)16-10-15(2,3)12-4-6-19-7-5-12/h4,8-9H,5-7,10H2,1-3H3,(H2,16,17,18). The van der Waals surface area contributed by atoms with E-state index in [1.807, 2.05) is 17.7 Å². The molecule has 2 N–H and O–H groups in total. The van der Waals surface area contributed by atoms with Crippen LogP contribution in [0.1, 0.15) is 25.8 Å². The van der Waals surface area contributed by atoms with Crippen molar-refractivity contribution in [1.29, 1.82) is 0 Å². The lowest BCUT2D eigenvalue weighted by Crippen LogP contribution is -2.38. The smallest absolute Gasteiger partial charge is 0.319 e. The molecule has 4 nitrogen and oxygen atoms in total. The molecule has 0 saturated carbocycles. The number of urea groups is 1. The van der Waals surface area contributed by atoms with Crippen LogP contribution in [0.2, 0.25) is 0 Å². The van der Waals surface area contributed by atoms with Gasteiger partial charge in [-0.1, -0.05) is 25.5 Å². The van der Waals surface area contributed by atoms with Gasteiger partial charge in [-0.05, 0) is 24.3 Å². The third-order valence-electron chi connectivity index (χ3n) is 3.63. The Hall–Kier alpha value is -1.33. The van der Waals surface area contributed by atoms with Gasteiger partial charge in [0, 0.05) is 17.3 Å². The van der Waals surface area contributed by atoms with E-state index in [2.05, 4.69) is 30.6 Å². The number of hydrogen-bond donors (Lipinski definition) is 2. The van der Waals surface area contributed by atoms with Gasteiger partial charge in [-0.15, -0.1) is 11.3 Å². The molecule has 2 rings (SSSR count). The van der Waals surface area contributed by atoms with Crippen LogP contribution < -0.4 is 10.6 Å². The minimum atomic E-state index is -0.146. The van der Waals surface area contributed by atoms with Crippen LogP contribution in [0.15, 0.2) is 22.4 Å². The third-order valence-corrected chi connectivity index (χ3v) is 4.49. The Morgan fingerprint density at radius 2 is 2.25 bits per heavy atom. The zero-order valence-corrected chi connectivity index (χ0v) is 13.1. The third kappa shape index (κ3) is 3.84. The Morgan fingerprint density at radius 3 is 2.85 bits per heavy atom. The van der Waals surface area contributed by atoms with E-state index in [4.69, 9.17) is 4.74 Å². The molecule has 1 aliphatic rings. The molecular weight excluding hydrogens is 272 g/mol. The van der Waals surface area contributed by atoms with Gasteiger partial charge in [0.2, 0.25) is 0 Å². The minimum absolute atomic E-state index is 0.0369. The predicted molar refractivity (Wildman–Crippen MR) is 83.4 cm³/mol. The second kappa shape index (κ2) is 6.41. The van der Waals surface area contributed by atoms with E-state index >= 15 is 0 Å². The van der Waals surface area contributed by atoms with Crippen molar-refractivity contribution >= 4 is 23.1 Å². The number of carbonyl (C=O) groups is 1. The molecule has 20 heavy (non-hydrogen) atoms. The summed E-state index contributed by atoms with van der Waals surface area (Å²) in [6, 6.07) is -0.146. The van der Waals surface area contributed by atoms with Crippen LogP contribution in [-0.4, -0.2) is 25.8 Å². The summed E-state index contributed by atoms with van der Waals surface area (Å²) in [5.41, 5.74) is 3.30. The lowest BCUT2D eigenvalue weighted by Gasteiger charge is -2.30. The first kappa shape index (κ1) is 15.1. The molecule has 1 aromatic heterocycles. The van der Waals surface area contributed by atoms with Gasteiger partial charge in [0.25, 0.3) is 0 Å². The van der Waals surface area contributed by atoms with Gasteiger partial charge in [0.05, 0.1) is 18.9 Å². The van der Waals surface area contributed by atoms with Gasteiger partial charge < -0.3 is 15.4 Å². The van der Waals surface area contributed by atoms with Crippen molar-refractivity contribution in [1.82, 2.24) is 5.32 Å². The summed E-state index contributed by atoms with van der Waals surface area (Å²) in [4.78, 5) is 11.9. The highest BCUT2D eigenvalue weighted by molar-refractivity contribution is 7.08. The molecular formula is C15H22N2O2S. The van der Waals surface area contributed by atoms with E-state index in [0.29, 0.717) is 13.2 Å². The topological polar surface area (TPSA) is 50.4 Å². The molecule has 5 heteroatoms. The van der Waals surface area contributed by atoms with E-state index in [1.165, 1.54) is 5.57 Å². The van der Waals surface area contributed by atoms with Crippen LogP contribution in [0, 0.1) is 12.3 Å². The highest BCUT2D eigenvalue weighted by Crippen LogP contribution is 2.29. The molecule has 0 radical (unpaired) electrons. The predicted octanol–water partition coefficient (Wildman–Crippen LogP) is 3.55. The molecule has 0 fully saturated rings. The second-order valence-corrected chi connectivity index (χ2v) is 6.46. The van der Waals surface area contributed by atoms with Crippen molar-refractivity contribution in [3.8, 4) is 0 Å². The Morgan fingerprint density at radius 1 is 1.45 bits per heavy atom. The van der Waals surface area contributed by atoms with Gasteiger partial charge in [-0.3, -0.25) is 0 Å². The van der Waals surface area contributed by atoms with Crippen molar-refractivity contribution < 1.29 is 9.53 Å². The highest BCUT2D eigenvalue weighted by atomic mass is 32.1. The van der Waals surface area contributed by atoms with Crippen molar-refractivity contribution in [2.24, 2.45) is 5.41 Å². The van der Waals surface area contributed by atoms with Crippen LogP contribution in [0.5, 0.6) is 0 Å². The van der Waals surface area contributed by atoms with Crippen molar-refractivity contribution in [2.75, 3.05) is 25.1 Å². The maximum Gasteiger partial charge on any atom is 0.319 e. The number of anilines is 1. The number of carbonyl (C=O) groups excluding carboxylic acids is 1. The molecule has 0 aromatic carbocycles. The van der Waals surface area contributed by atoms with Crippen LogP contribution in [-0.2, 0) is 4.74 Å². The normalized spacial score (nSPS) is 15.7. The second-order valence-electron chi connectivity index (χ2n) is 5.71. The summed E-state index contributed by atoms with van der Waals surface area (Å²) in [7, 11) is 0. The van der Waals surface area contributed by atoms with E-state index < -0.39 is 0 Å². The zero-order valence-electron chi connectivity index (χ0n) is 12.3. The summed E-state index contributed by atoms with van der Waals surface area (Å²) in [5, 5.41) is 9.81. The van der Waals surface area contributed by atoms with E-state index in [9.17, 15) is 4.79 Å². The summed E-state index contributed by atoms with van der Waals surface area (Å²) >= 11 is 1.59. The molecule has 0 saturated heterocycles. The van der Waals surface area contributed by atoms with Crippen molar-refractivity contribution in [3.05, 3.63) is 28.0 Å². The Bertz CT molecular complexity index is 506. The Balaban J connectivity index is 1.86. The van der Waals surface area contributed by atoms with Gasteiger partial charge in [-0.2, -0.15) is 0 Å². The molecule has 1 aromatic rings. The first-order valence-corrected chi connectivity index (χ1v) is 7.78. The molecule has 2 amide bonds. The molecule has 2 heterocycles. The lowest BCUT2D eigenvalue weighted by molar-refractivity contribution is 0.145. The first-order valence-electron chi connectivity index (χ1n) is 6.84. The highest BCUT2D eigenvalue weighted by Gasteiger charge is 2.25. The summed E-state index contributed by atoms with van der Waals surface area (Å²) in [6.45, 7) is 8.37. The number of nitrogens with one attached hydrogen (secondary N) is 2. The Kier molecular flexibility index (Phi) is 4.83. The maximum absolute atomic E-state index is 11.9. The van der Waals surface area contributed by atoms with Crippen LogP contribution in [0.3, 0.4) is 0 Å². The fourth-order valence-electron chi connectivity index (χ4n) is 2.21. The number of ether oxygens (including phenoxy) is 1. The molecule has 1 aliphatic heterocycles. The average molecular weight is 294 g/mol. The zero-order chi connectivity index (χ0) is 14.6. The van der Waals surface area contributed by atoms with Gasteiger partial charge >= 0.3 is 6.03 Å². The van der Waals surface area contributed by atoms with Crippen LogP contribution in [0.4, 0.5) is 10.5 Å². The summed E-state index contributed by atoms with van der Waals surface area (Å²) in [6.07, 6.45) is 3.08. The number of thiophene rings is 1. The first-order chi connectivity index (χ1) is 9.49. The number of rotatable bonds is 4. The maximum atomic E-state index is 11.9. The van der Waals surface area contributed by atoms with Crippen LogP contribution >= 0.6 is 11.3 Å². The van der Waals surface area contributed by atoms with E-state index in [0.717, 1.165) is 24.3 Å². The monoisotopic (exact) mass is 294 g/mol. The number of aryl methyl sites for hydroxylation is 1. The Labute approximate surface area is 124 Å². The average Bonchev–Trinajstić information content (AvgIpc) is 2.83. The fourth-order valence-corrected chi connectivity index (χ4v) is 2.99. The van der Waals surface area contributed by atoms with E-state index in [-0.39, 0.29) is 11.4 Å². The summed E-state index contributed by atoms with van der Waals surface area (Å²) < 4.78 is 5.33. The SMILES string of the molecule is Cc1cscc1NC(=O)NCC(C)(C)C1=CCOCC1. The molecule has 0 atom stereocenters. The van der Waals surface area contributed by atoms with Gasteiger partial charge in [-0.25, -0.2) is 4.79 Å². The molecule has 0 aliphatic carbocycles. The molecule has 0 bridgehead atoms. The van der Waals surface area contributed by atoms with E-state index in [1.54, 1.807) is 11.3 Å².